The molecular formula is HO4Re-7. The van der Waals surface area contributed by atoms with Gasteiger partial charge in [0.1, 0.15) is 0 Å². The second-order valence-corrected chi connectivity index (χ2v) is 0. The quantitative estimate of drug-likeness (QED) is 0.565. The normalized spacial score (nSPS) is 0. The van der Waals surface area contributed by atoms with E-state index >= 15 is 0 Å². The van der Waals surface area contributed by atoms with Crippen LogP contribution in [0.3, 0.4) is 0 Å². The molecule has 0 rings (SSSR count). The Morgan fingerprint density at radius 3 is 0.600 bits per heavy atom. The summed E-state index contributed by atoms with van der Waals surface area (Å²) in [6.07, 6.45) is 0. The SMILES string of the molecule is [O-2].[O-2].[O-2].[OH-].[Re]. The first-order valence-corrected chi connectivity index (χ1v) is 0. The first kappa shape index (κ1) is 442. The Bertz CT molecular complexity index is 3.61. The van der Waals surface area contributed by atoms with Gasteiger partial charge in [0, 0.05) is 20.4 Å². The Kier molecular flexibility index (Phi) is 19300. The van der Waals surface area contributed by atoms with E-state index in [-0.39, 0.29) is 42.3 Å². The number of hydrogen-bond donors (Lipinski definition) is 0. The maximum atomic E-state index is 0. The van der Waals surface area contributed by atoms with Gasteiger partial charge in [-0.1, -0.05) is 0 Å². The summed E-state index contributed by atoms with van der Waals surface area (Å²) in [5, 5.41) is 0. The monoisotopic (exact) mass is 252 g/mol. The van der Waals surface area contributed by atoms with Gasteiger partial charge in [-0.25, -0.2) is 0 Å². The van der Waals surface area contributed by atoms with Crippen LogP contribution in [0.4, 0.5) is 0 Å². The van der Waals surface area contributed by atoms with Crippen molar-refractivity contribution in [3.8, 4) is 0 Å². The standard InChI is InChI=1S/H2O.3O.Re/h1H2;;;;/q;3*-2;/p-1. The third kappa shape index (κ3) is 112. The summed E-state index contributed by atoms with van der Waals surface area (Å²) in [4.78, 5) is 0. The van der Waals surface area contributed by atoms with E-state index in [0.29, 0.717) is 0 Å². The van der Waals surface area contributed by atoms with E-state index < -0.39 is 0 Å². The summed E-state index contributed by atoms with van der Waals surface area (Å²) < 4.78 is 0. The van der Waals surface area contributed by atoms with Gasteiger partial charge in [0.2, 0.25) is 0 Å². The van der Waals surface area contributed by atoms with Gasteiger partial charge < -0.3 is 21.9 Å². The molecule has 0 fully saturated rings. The molecule has 0 heterocycles. The van der Waals surface area contributed by atoms with Gasteiger partial charge in [-0.05, 0) is 0 Å². The summed E-state index contributed by atoms with van der Waals surface area (Å²) in [6.45, 7) is 0. The van der Waals surface area contributed by atoms with Crippen LogP contribution >= 0.6 is 0 Å². The Morgan fingerprint density at radius 1 is 0.600 bits per heavy atom. The van der Waals surface area contributed by atoms with Crippen molar-refractivity contribution in [1.82, 2.24) is 0 Å². The van der Waals surface area contributed by atoms with Gasteiger partial charge in [0.25, 0.3) is 0 Å². The minimum atomic E-state index is 0. The molecule has 5 heavy (non-hydrogen) atoms. The molecule has 0 aromatic rings. The van der Waals surface area contributed by atoms with Crippen LogP contribution in [0.1, 0.15) is 0 Å². The third-order valence-corrected chi connectivity index (χ3v) is 0. The molecule has 0 aromatic heterocycles. The van der Waals surface area contributed by atoms with Gasteiger partial charge in [-0.2, -0.15) is 0 Å². The maximum absolute atomic E-state index is 0. The van der Waals surface area contributed by atoms with Crippen molar-refractivity contribution in [2.45, 2.75) is 0 Å². The maximum Gasteiger partial charge on any atom is 0 e. The Hall–Kier alpha value is 0.502. The van der Waals surface area contributed by atoms with Gasteiger partial charge in [-0.3, -0.25) is 0 Å². The molecule has 0 saturated carbocycles. The van der Waals surface area contributed by atoms with Crippen LogP contribution in [0.2, 0.25) is 0 Å². The molecule has 1 N–H and O–H groups in total. The van der Waals surface area contributed by atoms with E-state index in [1.165, 1.54) is 0 Å². The summed E-state index contributed by atoms with van der Waals surface area (Å²) in [5.74, 6) is 0. The molecule has 0 aromatic carbocycles. The van der Waals surface area contributed by atoms with Gasteiger partial charge in [-0.15, -0.1) is 0 Å². The van der Waals surface area contributed by atoms with Crippen molar-refractivity contribution in [2.24, 2.45) is 0 Å². The van der Waals surface area contributed by atoms with Crippen LogP contribution in [0.15, 0.2) is 0 Å². The van der Waals surface area contributed by atoms with E-state index in [2.05, 4.69) is 0 Å². The van der Waals surface area contributed by atoms with Gasteiger partial charge in [0.15, 0.2) is 0 Å². The minimum Gasteiger partial charge on any atom is -2.00 e. The second kappa shape index (κ2) is 219. The van der Waals surface area contributed by atoms with Crippen LogP contribution in [0.25, 0.3) is 0 Å². The van der Waals surface area contributed by atoms with E-state index in [1.807, 2.05) is 0 Å². The molecule has 1 radical (unpaired) electrons. The van der Waals surface area contributed by atoms with E-state index in [4.69, 9.17) is 0 Å². The third-order valence-electron chi connectivity index (χ3n) is 0. The van der Waals surface area contributed by atoms with Crippen molar-refractivity contribution < 1.29 is 42.3 Å². The zero-order chi connectivity index (χ0) is 0. The molecule has 0 bridgehead atoms. The molecule has 5 heteroatoms. The van der Waals surface area contributed by atoms with Crippen molar-refractivity contribution >= 4 is 0 Å². The average Bonchev–Trinajstić information content (AvgIpc) is 0. The van der Waals surface area contributed by atoms with Crippen LogP contribution in [-0.4, -0.2) is 5.48 Å². The predicted molar refractivity (Wildman–Crippen MR) is 4.00 cm³/mol. The molecule has 0 aliphatic rings. The molecule has 0 unspecified atom stereocenters. The molecular weight excluding hydrogens is 250 g/mol. The fraction of sp³-hybridized carbons (Fsp3) is 0. The second-order valence-electron chi connectivity index (χ2n) is 0. The van der Waals surface area contributed by atoms with Crippen molar-refractivity contribution in [3.05, 3.63) is 0 Å². The fourth-order valence-corrected chi connectivity index (χ4v) is 0. The van der Waals surface area contributed by atoms with Gasteiger partial charge in [0.05, 0.1) is 0 Å². The topological polar surface area (TPSA) is 116 Å². The summed E-state index contributed by atoms with van der Waals surface area (Å²) in [6, 6.07) is 0. The summed E-state index contributed by atoms with van der Waals surface area (Å²) in [7, 11) is 0. The first-order chi connectivity index (χ1) is 0. The smallest absolute Gasteiger partial charge is 0 e. The molecule has 0 amide bonds. The van der Waals surface area contributed by atoms with Crippen LogP contribution in [0.5, 0.6) is 0 Å². The zero-order valence-corrected chi connectivity index (χ0v) is 4.77. The van der Waals surface area contributed by atoms with Crippen LogP contribution in [0, 0.1) is 0 Å². The number of hydrogen-bond acceptors (Lipinski definition) is 1. The fourth-order valence-electron chi connectivity index (χ4n) is 0. The Morgan fingerprint density at radius 2 is 0.600 bits per heavy atom. The molecule has 0 aliphatic carbocycles. The van der Waals surface area contributed by atoms with E-state index in [0.717, 1.165) is 0 Å². The molecule has 39 valence electrons. The van der Waals surface area contributed by atoms with E-state index in [9.17, 15) is 0 Å². The Balaban J connectivity index is 0. The van der Waals surface area contributed by atoms with Gasteiger partial charge >= 0.3 is 0 Å². The molecule has 0 spiro atoms. The average molecular weight is 251 g/mol. The largest absolute Gasteiger partial charge is 2.00 e. The van der Waals surface area contributed by atoms with Crippen molar-refractivity contribution in [3.63, 3.8) is 0 Å². The minimum absolute atomic E-state index is 0. The summed E-state index contributed by atoms with van der Waals surface area (Å²) >= 11 is 0. The molecule has 4 nitrogen and oxygen atoms in total. The van der Waals surface area contributed by atoms with Crippen molar-refractivity contribution in [1.29, 1.82) is 0 Å². The van der Waals surface area contributed by atoms with Crippen LogP contribution < -0.4 is 0 Å². The zero-order valence-electron chi connectivity index (χ0n) is 2.05. The summed E-state index contributed by atoms with van der Waals surface area (Å²) in [5.41, 5.74) is 0. The molecule has 0 aliphatic heterocycles. The number of rotatable bonds is 0. The Labute approximate surface area is 43.1 Å². The molecule has 0 atom stereocenters. The van der Waals surface area contributed by atoms with E-state index in [1.54, 1.807) is 0 Å². The molecule has 0 saturated heterocycles. The van der Waals surface area contributed by atoms with Crippen molar-refractivity contribution in [2.75, 3.05) is 0 Å². The first-order valence-electron chi connectivity index (χ1n) is 0. The predicted octanol–water partition coefficient (Wildman–Crippen LogP) is -0.536. The van der Waals surface area contributed by atoms with Crippen LogP contribution in [-0.2, 0) is 36.9 Å².